The van der Waals surface area contributed by atoms with Gasteiger partial charge in [-0.1, -0.05) is 6.92 Å². The number of aromatic nitrogens is 6. The van der Waals surface area contributed by atoms with Crippen LogP contribution in [0.2, 0.25) is 0 Å². The van der Waals surface area contributed by atoms with Crippen molar-refractivity contribution in [3.05, 3.63) is 29.4 Å². The van der Waals surface area contributed by atoms with Gasteiger partial charge in [-0.25, -0.2) is 24.5 Å². The molecule has 1 aliphatic heterocycles. The minimum Gasteiger partial charge on any atom is -0.478 e. The summed E-state index contributed by atoms with van der Waals surface area (Å²) in [7, 11) is 0. The van der Waals surface area contributed by atoms with Gasteiger partial charge in [-0.15, -0.1) is 0 Å². The van der Waals surface area contributed by atoms with Gasteiger partial charge in [-0.3, -0.25) is 14.5 Å². The third kappa shape index (κ3) is 4.72. The Morgan fingerprint density at radius 1 is 1.26 bits per heavy atom. The Kier molecular flexibility index (Phi) is 7.77. The molecule has 0 bridgehead atoms. The van der Waals surface area contributed by atoms with Crippen LogP contribution in [-0.4, -0.2) is 99.9 Å². The Bertz CT molecular complexity index is 1400. The number of aldehydes is 1. The first kappa shape index (κ1) is 26.8. The van der Waals surface area contributed by atoms with E-state index < -0.39 is 48.7 Å². The number of esters is 1. The van der Waals surface area contributed by atoms with Gasteiger partial charge in [0.2, 0.25) is 0 Å². The van der Waals surface area contributed by atoms with E-state index >= 15 is 0 Å². The van der Waals surface area contributed by atoms with E-state index in [-0.39, 0.29) is 59.1 Å². The highest BCUT2D eigenvalue weighted by molar-refractivity contribution is 6.08. The van der Waals surface area contributed by atoms with E-state index in [1.54, 1.807) is 13.8 Å². The number of aliphatic hydroxyl groups is 3. The van der Waals surface area contributed by atoms with Crippen molar-refractivity contribution in [2.45, 2.75) is 44.8 Å². The van der Waals surface area contributed by atoms with E-state index in [4.69, 9.17) is 9.47 Å². The summed E-state index contributed by atoms with van der Waals surface area (Å²) in [6, 6.07) is 0. The number of H-pyrrole nitrogens is 1. The molecule has 6 N–H and O–H groups in total. The average molecular weight is 531 g/mol. The van der Waals surface area contributed by atoms with Crippen LogP contribution in [0.4, 0.5) is 5.82 Å². The molecule has 1 aliphatic rings. The first-order valence-corrected chi connectivity index (χ1v) is 11.5. The molecule has 202 valence electrons. The zero-order valence-corrected chi connectivity index (χ0v) is 20.2. The molecule has 0 amide bonds. The van der Waals surface area contributed by atoms with Crippen LogP contribution >= 0.6 is 0 Å². The highest BCUT2D eigenvalue weighted by atomic mass is 16.6. The molecule has 38 heavy (non-hydrogen) atoms. The van der Waals surface area contributed by atoms with Crippen LogP contribution < -0.4 is 5.32 Å². The van der Waals surface area contributed by atoms with E-state index in [9.17, 15) is 34.8 Å². The third-order valence-electron chi connectivity index (χ3n) is 5.86. The van der Waals surface area contributed by atoms with Gasteiger partial charge in [-0.2, -0.15) is 5.10 Å². The van der Waals surface area contributed by atoms with Crippen LogP contribution in [0.3, 0.4) is 0 Å². The van der Waals surface area contributed by atoms with Gasteiger partial charge in [0, 0.05) is 11.9 Å². The predicted molar refractivity (Wildman–Crippen MR) is 127 cm³/mol. The molecular formula is C22H25N7O9. The van der Waals surface area contributed by atoms with E-state index in [0.29, 0.717) is 0 Å². The molecule has 1 saturated heterocycles. The summed E-state index contributed by atoms with van der Waals surface area (Å²) >= 11 is 0. The van der Waals surface area contributed by atoms with Crippen LogP contribution in [0.25, 0.3) is 22.7 Å². The zero-order valence-electron chi connectivity index (χ0n) is 20.2. The normalized spacial score (nSPS) is 21.8. The number of imidazole rings is 1. The van der Waals surface area contributed by atoms with Gasteiger partial charge in [0.25, 0.3) is 0 Å². The van der Waals surface area contributed by atoms with E-state index in [0.717, 1.165) is 0 Å². The number of carboxylic acid groups (broad SMARTS) is 1. The minimum atomic E-state index is -1.46. The van der Waals surface area contributed by atoms with Crippen molar-refractivity contribution in [1.29, 1.82) is 0 Å². The molecule has 3 aromatic heterocycles. The monoisotopic (exact) mass is 531 g/mol. The number of nitrogens with zero attached hydrogens (tertiary/aromatic N) is 5. The van der Waals surface area contributed by atoms with Crippen LogP contribution in [0.15, 0.2) is 23.8 Å². The number of carboxylic acids is 1. The summed E-state index contributed by atoms with van der Waals surface area (Å²) in [6.45, 7) is 2.80. The lowest BCUT2D eigenvalue weighted by molar-refractivity contribution is -0.133. The van der Waals surface area contributed by atoms with Gasteiger partial charge < -0.3 is 35.2 Å². The van der Waals surface area contributed by atoms with Crippen molar-refractivity contribution in [3.63, 3.8) is 0 Å². The Morgan fingerprint density at radius 2 is 2.03 bits per heavy atom. The first-order valence-electron chi connectivity index (χ1n) is 11.5. The number of ether oxygens (including phenoxy) is 2. The fourth-order valence-corrected chi connectivity index (χ4v) is 3.97. The SMILES string of the molecule is CCOC(=O)c1c[nH]nc1-c1nc(NC(CC)=C(C=O)C(=O)O)c2ncn([C@@H]3O[C@H](CO)[C@@H](O)[C@H]3O)c2n1. The number of fused-ring (bicyclic) bond motifs is 1. The van der Waals surface area contributed by atoms with Crippen molar-refractivity contribution in [2.75, 3.05) is 18.5 Å². The summed E-state index contributed by atoms with van der Waals surface area (Å²) in [5.41, 5.74) is -0.367. The lowest BCUT2D eigenvalue weighted by Gasteiger charge is -2.17. The number of hydrogen-bond donors (Lipinski definition) is 6. The smallest absolute Gasteiger partial charge is 0.342 e. The summed E-state index contributed by atoms with van der Waals surface area (Å²) in [6.07, 6.45) is -2.30. The van der Waals surface area contributed by atoms with Gasteiger partial charge in [-0.05, 0) is 13.3 Å². The maximum absolute atomic E-state index is 12.5. The highest BCUT2D eigenvalue weighted by Gasteiger charge is 2.44. The number of hydrogen-bond acceptors (Lipinski definition) is 13. The molecule has 3 aromatic rings. The number of anilines is 1. The second-order valence-corrected chi connectivity index (χ2v) is 8.11. The van der Waals surface area contributed by atoms with Gasteiger partial charge >= 0.3 is 11.9 Å². The molecule has 16 nitrogen and oxygen atoms in total. The Morgan fingerprint density at radius 3 is 2.63 bits per heavy atom. The van der Waals surface area contributed by atoms with E-state index in [1.165, 1.54) is 17.1 Å². The second-order valence-electron chi connectivity index (χ2n) is 8.11. The number of aliphatic hydroxyl groups excluding tert-OH is 3. The Labute approximate surface area is 213 Å². The largest absolute Gasteiger partial charge is 0.478 e. The van der Waals surface area contributed by atoms with Crippen molar-refractivity contribution in [3.8, 4) is 11.5 Å². The molecule has 4 heterocycles. The molecule has 0 radical (unpaired) electrons. The first-order chi connectivity index (χ1) is 18.2. The maximum Gasteiger partial charge on any atom is 0.342 e. The fourth-order valence-electron chi connectivity index (χ4n) is 3.97. The summed E-state index contributed by atoms with van der Waals surface area (Å²) < 4.78 is 12.0. The summed E-state index contributed by atoms with van der Waals surface area (Å²) in [4.78, 5) is 48.6. The van der Waals surface area contributed by atoms with Crippen LogP contribution in [0.5, 0.6) is 0 Å². The highest BCUT2D eigenvalue weighted by Crippen LogP contribution is 2.34. The van der Waals surface area contributed by atoms with Crippen LogP contribution in [0.1, 0.15) is 36.9 Å². The number of aliphatic carboxylic acids is 1. The Balaban J connectivity index is 1.92. The number of aromatic amines is 1. The number of allylic oxidation sites excluding steroid dienone is 1. The molecule has 0 aromatic carbocycles. The lowest BCUT2D eigenvalue weighted by Crippen LogP contribution is -2.33. The second kappa shape index (κ2) is 11.0. The van der Waals surface area contributed by atoms with Gasteiger partial charge in [0.05, 0.1) is 19.5 Å². The van der Waals surface area contributed by atoms with Gasteiger partial charge in [0.15, 0.2) is 35.3 Å². The molecule has 1 fully saturated rings. The van der Waals surface area contributed by atoms with Gasteiger partial charge in [0.1, 0.15) is 35.1 Å². The summed E-state index contributed by atoms with van der Waals surface area (Å²) in [5.74, 6) is -2.31. The fraction of sp³-hybridized carbons (Fsp3) is 0.409. The minimum absolute atomic E-state index is 0.00168. The molecule has 4 rings (SSSR count). The number of nitrogens with one attached hydrogen (secondary N) is 2. The zero-order chi connectivity index (χ0) is 27.6. The molecule has 16 heteroatoms. The van der Waals surface area contributed by atoms with Crippen LogP contribution in [-0.2, 0) is 19.1 Å². The maximum atomic E-state index is 12.5. The van der Waals surface area contributed by atoms with Crippen LogP contribution in [0, 0.1) is 0 Å². The number of rotatable bonds is 10. The molecule has 4 atom stereocenters. The van der Waals surface area contributed by atoms with Crippen molar-refractivity contribution in [2.24, 2.45) is 0 Å². The number of carbonyl (C=O) groups excluding carboxylic acids is 2. The quantitative estimate of drug-likeness (QED) is 0.0628. The molecular weight excluding hydrogens is 506 g/mol. The predicted octanol–water partition coefficient (Wildman–Crippen LogP) is -0.636. The van der Waals surface area contributed by atoms with Crippen molar-refractivity contribution >= 4 is 35.2 Å². The van der Waals surface area contributed by atoms with E-state index in [2.05, 4.69) is 30.5 Å². The standard InChI is InChI=1S/C22H25N7O9/c1-3-11(10(6-30)21(34)35)25-18-14-19(29(8-23-14)20-16(33)15(32)12(7-31)38-20)27-17(26-18)13-9(5-24-28-13)22(36)37-4-2/h5-6,8,12,15-16,20,31-33H,3-4,7H2,1-2H3,(H,24,28)(H,34,35)(H,25,26,27)/t12-,15-,16-,20-/m1/s1. The van der Waals surface area contributed by atoms with E-state index in [1.807, 2.05) is 0 Å². The molecule has 0 spiro atoms. The average Bonchev–Trinajstić information content (AvgIpc) is 3.62. The summed E-state index contributed by atoms with van der Waals surface area (Å²) in [5, 5.41) is 49.1. The topological polar surface area (TPSA) is 235 Å². The Hall–Kier alpha value is -4.25. The lowest BCUT2D eigenvalue weighted by atomic mass is 10.1. The van der Waals surface area contributed by atoms with Crippen molar-refractivity contribution in [1.82, 2.24) is 29.7 Å². The molecule has 0 aliphatic carbocycles. The number of carbonyl (C=O) groups is 3. The van der Waals surface area contributed by atoms with Crippen molar-refractivity contribution < 1.29 is 44.3 Å². The third-order valence-corrected chi connectivity index (χ3v) is 5.86. The molecule has 0 saturated carbocycles. The molecule has 0 unspecified atom stereocenters.